The summed E-state index contributed by atoms with van der Waals surface area (Å²) in [6, 6.07) is 5.36. The number of benzene rings is 1. The Kier molecular flexibility index (Phi) is 4.23. The van der Waals surface area contributed by atoms with Crippen molar-refractivity contribution < 1.29 is 8.42 Å². The molecular weight excluding hydrogens is 258 g/mol. The second-order valence-electron chi connectivity index (χ2n) is 5.12. The summed E-state index contributed by atoms with van der Waals surface area (Å²) in [6.45, 7) is 5.30. The van der Waals surface area contributed by atoms with E-state index in [9.17, 15) is 8.42 Å². The van der Waals surface area contributed by atoms with Gasteiger partial charge in [0.1, 0.15) is 0 Å². The highest BCUT2D eigenvalue weighted by molar-refractivity contribution is 7.90. The van der Waals surface area contributed by atoms with E-state index in [2.05, 4.69) is 0 Å². The Morgan fingerprint density at radius 1 is 1.35 bits per heavy atom. The average Bonchev–Trinajstić information content (AvgIpc) is 2.05. The maximum Gasteiger partial charge on any atom is 0.156 e. The summed E-state index contributed by atoms with van der Waals surface area (Å²) in [6.07, 6.45) is 0. The molecule has 1 aromatic carbocycles. The first-order chi connectivity index (χ1) is 7.59. The van der Waals surface area contributed by atoms with Gasteiger partial charge in [0.2, 0.25) is 0 Å². The van der Waals surface area contributed by atoms with Gasteiger partial charge in [-0.2, -0.15) is 0 Å². The minimum atomic E-state index is -3.24. The van der Waals surface area contributed by atoms with Crippen molar-refractivity contribution in [3.63, 3.8) is 0 Å². The number of hydrogen-bond donors (Lipinski definition) is 1. The van der Waals surface area contributed by atoms with Gasteiger partial charge in [0, 0.05) is 10.6 Å². The zero-order valence-electron chi connectivity index (χ0n) is 10.3. The molecule has 1 aromatic rings. The van der Waals surface area contributed by atoms with E-state index in [-0.39, 0.29) is 11.5 Å². The van der Waals surface area contributed by atoms with E-state index in [4.69, 9.17) is 17.3 Å². The maximum absolute atomic E-state index is 11.9. The van der Waals surface area contributed by atoms with Gasteiger partial charge >= 0.3 is 0 Å². The first-order valence-electron chi connectivity index (χ1n) is 5.33. The van der Waals surface area contributed by atoms with Crippen molar-refractivity contribution in [2.45, 2.75) is 32.1 Å². The van der Waals surface area contributed by atoms with E-state index in [1.165, 1.54) is 0 Å². The summed E-state index contributed by atoms with van der Waals surface area (Å²) in [5, 5.41) is 0.489. The highest BCUT2D eigenvalue weighted by Gasteiger charge is 2.23. The molecule has 0 saturated heterocycles. The second-order valence-corrected chi connectivity index (χ2v) is 7.59. The molecule has 0 fully saturated rings. The van der Waals surface area contributed by atoms with Gasteiger partial charge in [-0.05, 0) is 38.0 Å². The molecule has 0 bridgehead atoms. The summed E-state index contributed by atoms with van der Waals surface area (Å²) >= 11 is 6.01. The van der Waals surface area contributed by atoms with Crippen molar-refractivity contribution in [2.24, 2.45) is 5.73 Å². The van der Waals surface area contributed by atoms with Gasteiger partial charge in [0.25, 0.3) is 0 Å². The van der Waals surface area contributed by atoms with Crippen molar-refractivity contribution in [1.82, 2.24) is 0 Å². The van der Waals surface area contributed by atoms with Gasteiger partial charge in [0.15, 0.2) is 9.84 Å². The third kappa shape index (κ3) is 5.06. The lowest BCUT2D eigenvalue weighted by molar-refractivity contribution is 0.544. The monoisotopic (exact) mass is 275 g/mol. The average molecular weight is 276 g/mol. The summed E-state index contributed by atoms with van der Waals surface area (Å²) in [5.41, 5.74) is 6.64. The zero-order chi connectivity index (χ0) is 13.3. The minimum Gasteiger partial charge on any atom is -0.325 e. The minimum absolute atomic E-state index is 0.0514. The zero-order valence-corrected chi connectivity index (χ0v) is 11.9. The van der Waals surface area contributed by atoms with Crippen molar-refractivity contribution >= 4 is 21.4 Å². The number of nitrogens with two attached hydrogens (primary N) is 1. The summed E-state index contributed by atoms with van der Waals surface area (Å²) in [5.74, 6) is -0.114. The Labute approximate surface area is 108 Å². The van der Waals surface area contributed by atoms with Gasteiger partial charge in [0.05, 0.1) is 11.5 Å². The smallest absolute Gasteiger partial charge is 0.156 e. The molecule has 0 aromatic heterocycles. The van der Waals surface area contributed by atoms with Crippen LogP contribution >= 0.6 is 11.6 Å². The van der Waals surface area contributed by atoms with Gasteiger partial charge in [-0.15, -0.1) is 0 Å². The standard InChI is InChI=1S/C12H18ClNO2S/c1-9-4-5-10(11(13)6-9)7-17(15,16)8-12(2,3)14/h4-6H,7-8,14H2,1-3H3. The van der Waals surface area contributed by atoms with Crippen LogP contribution in [0.1, 0.15) is 25.0 Å². The Morgan fingerprint density at radius 2 is 1.94 bits per heavy atom. The van der Waals surface area contributed by atoms with Gasteiger partial charge in [-0.3, -0.25) is 0 Å². The van der Waals surface area contributed by atoms with Crippen molar-refractivity contribution in [2.75, 3.05) is 5.75 Å². The van der Waals surface area contributed by atoms with Crippen LogP contribution in [0.2, 0.25) is 5.02 Å². The lowest BCUT2D eigenvalue weighted by Crippen LogP contribution is -2.40. The number of sulfone groups is 1. The van der Waals surface area contributed by atoms with Gasteiger partial charge < -0.3 is 5.73 Å². The molecule has 0 aliphatic carbocycles. The van der Waals surface area contributed by atoms with Crippen LogP contribution in [-0.2, 0) is 15.6 Å². The first kappa shape index (κ1) is 14.5. The van der Waals surface area contributed by atoms with Crippen LogP contribution in [0, 0.1) is 6.92 Å². The normalized spacial score (nSPS) is 12.8. The molecule has 0 saturated carbocycles. The number of hydrogen-bond acceptors (Lipinski definition) is 3. The molecule has 0 spiro atoms. The van der Waals surface area contributed by atoms with Crippen LogP contribution in [0.15, 0.2) is 18.2 Å². The van der Waals surface area contributed by atoms with Crippen LogP contribution in [0.5, 0.6) is 0 Å². The van der Waals surface area contributed by atoms with Crippen LogP contribution < -0.4 is 5.73 Å². The van der Waals surface area contributed by atoms with E-state index in [0.29, 0.717) is 10.6 Å². The Bertz CT molecular complexity index is 504. The molecule has 2 N–H and O–H groups in total. The highest BCUT2D eigenvalue weighted by atomic mass is 35.5. The Morgan fingerprint density at radius 3 is 2.41 bits per heavy atom. The predicted molar refractivity (Wildman–Crippen MR) is 71.9 cm³/mol. The molecule has 1 rings (SSSR count). The Balaban J connectivity index is 2.91. The first-order valence-corrected chi connectivity index (χ1v) is 7.53. The second kappa shape index (κ2) is 4.96. The summed E-state index contributed by atoms with van der Waals surface area (Å²) < 4.78 is 23.8. The molecule has 0 radical (unpaired) electrons. The molecule has 17 heavy (non-hydrogen) atoms. The quantitative estimate of drug-likeness (QED) is 0.917. The lowest BCUT2D eigenvalue weighted by Gasteiger charge is -2.18. The van der Waals surface area contributed by atoms with Crippen LogP contribution in [0.4, 0.5) is 0 Å². The molecule has 0 amide bonds. The molecule has 0 aliphatic rings. The fourth-order valence-corrected chi connectivity index (χ4v) is 3.97. The van der Waals surface area contributed by atoms with E-state index >= 15 is 0 Å². The van der Waals surface area contributed by atoms with E-state index in [1.54, 1.807) is 26.0 Å². The van der Waals surface area contributed by atoms with Crippen LogP contribution in [0.25, 0.3) is 0 Å². The van der Waals surface area contributed by atoms with Crippen LogP contribution in [-0.4, -0.2) is 19.7 Å². The summed E-state index contributed by atoms with van der Waals surface area (Å²) in [7, 11) is -3.24. The fourth-order valence-electron chi connectivity index (χ4n) is 1.62. The number of rotatable bonds is 4. The van der Waals surface area contributed by atoms with Crippen molar-refractivity contribution in [1.29, 1.82) is 0 Å². The Hall–Kier alpha value is -0.580. The third-order valence-corrected chi connectivity index (χ3v) is 4.46. The lowest BCUT2D eigenvalue weighted by atomic mass is 10.1. The predicted octanol–water partition coefficient (Wildman–Crippen LogP) is 2.30. The van der Waals surface area contributed by atoms with Gasteiger partial charge in [-0.1, -0.05) is 23.7 Å². The largest absolute Gasteiger partial charge is 0.325 e. The van der Waals surface area contributed by atoms with Crippen molar-refractivity contribution in [3.8, 4) is 0 Å². The number of halogens is 1. The molecule has 0 heterocycles. The maximum atomic E-state index is 11.9. The molecule has 0 atom stereocenters. The third-order valence-electron chi connectivity index (χ3n) is 2.18. The molecule has 0 unspecified atom stereocenters. The van der Waals surface area contributed by atoms with Gasteiger partial charge in [-0.25, -0.2) is 8.42 Å². The molecular formula is C12H18ClNO2S. The van der Waals surface area contributed by atoms with E-state index in [1.807, 2.05) is 13.0 Å². The van der Waals surface area contributed by atoms with E-state index < -0.39 is 15.4 Å². The van der Waals surface area contributed by atoms with E-state index in [0.717, 1.165) is 5.56 Å². The van der Waals surface area contributed by atoms with Crippen molar-refractivity contribution in [3.05, 3.63) is 34.3 Å². The summed E-state index contributed by atoms with van der Waals surface area (Å²) in [4.78, 5) is 0. The SMILES string of the molecule is Cc1ccc(CS(=O)(=O)CC(C)(C)N)c(Cl)c1. The molecule has 0 aliphatic heterocycles. The topological polar surface area (TPSA) is 60.2 Å². The molecule has 3 nitrogen and oxygen atoms in total. The molecule has 96 valence electrons. The molecule has 5 heteroatoms. The van der Waals surface area contributed by atoms with Crippen LogP contribution in [0.3, 0.4) is 0 Å². The highest BCUT2D eigenvalue weighted by Crippen LogP contribution is 2.21. The number of aryl methyl sites for hydroxylation is 1. The fraction of sp³-hybridized carbons (Fsp3) is 0.500.